The zero-order valence-electron chi connectivity index (χ0n) is 46.1. The van der Waals surface area contributed by atoms with Gasteiger partial charge in [-0.25, -0.2) is 8.42 Å². The third kappa shape index (κ3) is 15.7. The number of sulfonamides is 1. The second kappa shape index (κ2) is 27.0. The minimum atomic E-state index is -3.78. The number of benzene rings is 7. The number of rotatable bonds is 24. The van der Waals surface area contributed by atoms with Gasteiger partial charge in [0, 0.05) is 39.7 Å². The maximum absolute atomic E-state index is 14.4. The molecule has 80 heavy (non-hydrogen) atoms. The summed E-state index contributed by atoms with van der Waals surface area (Å²) in [5.74, 6) is -1.83. The van der Waals surface area contributed by atoms with Crippen LogP contribution >= 0.6 is 11.6 Å². The molecule has 0 saturated carbocycles. The Kier molecular flexibility index (Phi) is 21.0. The normalized spacial score (nSPS) is 12.8. The van der Waals surface area contributed by atoms with Crippen molar-refractivity contribution in [2.45, 2.75) is 90.8 Å². The molecule has 3 atom stereocenters. The molecule has 7 rings (SSSR count). The molecule has 3 unspecified atom stereocenters. The van der Waals surface area contributed by atoms with Crippen LogP contribution in [0.15, 0.2) is 144 Å². The van der Waals surface area contributed by atoms with Crippen molar-refractivity contribution in [2.24, 2.45) is 10.2 Å². The summed E-state index contributed by atoms with van der Waals surface area (Å²) in [7, 11) is -2.31. The predicted octanol–water partition coefficient (Wildman–Crippen LogP) is 10.3. The molecule has 0 heterocycles. The van der Waals surface area contributed by atoms with E-state index in [2.05, 4.69) is 90.0 Å². The number of hydrogen-bond acceptors (Lipinski definition) is 13. The van der Waals surface area contributed by atoms with Gasteiger partial charge in [0.1, 0.15) is 17.2 Å². The van der Waals surface area contributed by atoms with Crippen LogP contribution in [0.1, 0.15) is 89.2 Å². The smallest absolute Gasteiger partial charge is 0.504 e. The molecule has 2 amide bonds. The molecule has 0 aromatic heterocycles. The second-order valence-corrected chi connectivity index (χ2v) is 22.7. The second-order valence-electron chi connectivity index (χ2n) is 19.7. The number of ketones is 1. The largest absolute Gasteiger partial charge is 1.00 e. The average molecular weight is 1150 g/mol. The first-order valence-corrected chi connectivity index (χ1v) is 28.6. The van der Waals surface area contributed by atoms with Crippen molar-refractivity contribution < 1.29 is 80.1 Å². The molecule has 0 aliphatic rings. The number of nitrogens with zero attached hydrogens (tertiary/aromatic N) is 2. The van der Waals surface area contributed by atoms with Gasteiger partial charge in [0.25, 0.3) is 11.8 Å². The van der Waals surface area contributed by atoms with E-state index in [1.54, 1.807) is 42.5 Å². The van der Waals surface area contributed by atoms with Gasteiger partial charge in [-0.05, 0) is 108 Å². The number of carbonyl (C=O) groups excluding carboxylic acids is 3. The van der Waals surface area contributed by atoms with Gasteiger partial charge >= 0.3 is 40.8 Å². The van der Waals surface area contributed by atoms with Gasteiger partial charge in [-0.1, -0.05) is 90.4 Å². The molecule has 0 fully saturated rings. The van der Waals surface area contributed by atoms with E-state index in [0.717, 1.165) is 24.7 Å². The van der Waals surface area contributed by atoms with Crippen LogP contribution in [0, 0.1) is 6.07 Å². The summed E-state index contributed by atoms with van der Waals surface area (Å²) in [6.07, 6.45) is 0.373. The van der Waals surface area contributed by atoms with E-state index in [9.17, 15) is 32.1 Å². The van der Waals surface area contributed by atoms with E-state index in [1.807, 2.05) is 13.0 Å². The van der Waals surface area contributed by atoms with Crippen LogP contribution in [0.4, 0.5) is 34.1 Å². The molecule has 5 N–H and O–H groups in total. The molecule has 0 radical (unpaired) electrons. The number of ether oxygens (including phenoxy) is 3. The summed E-state index contributed by atoms with van der Waals surface area (Å²) in [5.41, 5.74) is 3.05. The Balaban J connectivity index is 0.0000103. The number of phenols is 1. The number of amides is 2. The fraction of sp³-hybridized carbons (Fsp3) is 0.271. The molecule has 0 aliphatic carbocycles. The van der Waals surface area contributed by atoms with Gasteiger partial charge < -0.3 is 34.1 Å². The molecule has 414 valence electrons. The maximum Gasteiger partial charge on any atom is 1.00 e. The first-order chi connectivity index (χ1) is 37.5. The number of carbonyl (C=O) groups is 3. The summed E-state index contributed by atoms with van der Waals surface area (Å²) >= 11 is 4.21. The van der Waals surface area contributed by atoms with Crippen LogP contribution < -0.4 is 68.0 Å². The first kappa shape index (κ1) is 62.2. The molecule has 0 aliphatic heterocycles. The summed E-state index contributed by atoms with van der Waals surface area (Å²) in [5, 5.41) is 26.0. The van der Waals surface area contributed by atoms with Crippen LogP contribution in [-0.2, 0) is 41.7 Å². The van der Waals surface area contributed by atoms with Crippen LogP contribution in [0.25, 0.3) is 10.8 Å². The number of halogens is 1. The number of Topliss-reactive ketones (excluding diaryl/α,β-unsaturated/α-hetero) is 1. The molecule has 17 nitrogen and oxygen atoms in total. The third-order valence-corrected chi connectivity index (χ3v) is 15.0. The minimum absolute atomic E-state index is 0. The van der Waals surface area contributed by atoms with Crippen molar-refractivity contribution in [1.82, 2.24) is 0 Å². The van der Waals surface area contributed by atoms with Crippen molar-refractivity contribution in [3.8, 4) is 28.7 Å². The SMILES string of the molecule is CCC(Oc1ccc(C(C)(C)CC)cc1C(C)(C)CC)C(=O)Nc1ccc(Cl)c(NC(=O)C(Oc2cccc(NS(=O)Oc3cc(N=Nc4cc[c-]cc4)c4c(NS(C)(=O)=O)cccc4c3O)c2)C(=O)c2ccc(OC)cc2)c1.[Na+]. The quantitative estimate of drug-likeness (QED) is 0.0126. The predicted molar refractivity (Wildman–Crippen MR) is 311 cm³/mol. The molecule has 7 aromatic carbocycles. The van der Waals surface area contributed by atoms with E-state index < -0.39 is 56.8 Å². The van der Waals surface area contributed by atoms with Crippen LogP contribution in [-0.4, -0.2) is 60.9 Å². The fourth-order valence-corrected chi connectivity index (χ4v) is 9.47. The van der Waals surface area contributed by atoms with E-state index in [1.165, 1.54) is 85.5 Å². The number of nitrogens with one attached hydrogen (secondary N) is 4. The Morgan fingerprint density at radius 3 is 2.11 bits per heavy atom. The Bertz CT molecular complexity index is 3550. The van der Waals surface area contributed by atoms with Crippen LogP contribution in [0.3, 0.4) is 0 Å². The molecular formula is C59H62ClN6NaO11S2. The van der Waals surface area contributed by atoms with E-state index in [-0.39, 0.29) is 102 Å². The van der Waals surface area contributed by atoms with Crippen molar-refractivity contribution >= 4 is 95.4 Å². The molecule has 0 bridgehead atoms. The Morgan fingerprint density at radius 1 is 0.750 bits per heavy atom. The summed E-state index contributed by atoms with van der Waals surface area (Å²) in [6, 6.07) is 37.8. The zero-order chi connectivity index (χ0) is 57.2. The summed E-state index contributed by atoms with van der Waals surface area (Å²) < 4.78 is 67.0. The Labute approximate surface area is 496 Å². The fourth-order valence-electron chi connectivity index (χ4n) is 8.08. The van der Waals surface area contributed by atoms with Gasteiger partial charge in [0.15, 0.2) is 17.6 Å². The minimum Gasteiger partial charge on any atom is -0.504 e. The Hall–Kier alpha value is -7.00. The third-order valence-electron chi connectivity index (χ3n) is 13.3. The number of anilines is 4. The van der Waals surface area contributed by atoms with Crippen LogP contribution in [0.2, 0.25) is 5.02 Å². The van der Waals surface area contributed by atoms with Gasteiger partial charge in [-0.2, -0.15) is 32.6 Å². The number of azo groups is 1. The van der Waals surface area contributed by atoms with Gasteiger partial charge in [0.2, 0.25) is 21.9 Å². The van der Waals surface area contributed by atoms with Crippen molar-refractivity contribution in [3.63, 3.8) is 0 Å². The van der Waals surface area contributed by atoms with Crippen molar-refractivity contribution in [3.05, 3.63) is 161 Å². The van der Waals surface area contributed by atoms with Crippen LogP contribution in [0.5, 0.6) is 28.7 Å². The van der Waals surface area contributed by atoms with Gasteiger partial charge in [0.05, 0.1) is 41.1 Å². The summed E-state index contributed by atoms with van der Waals surface area (Å²) in [4.78, 5) is 42.6. The molecular weight excluding hydrogens is 1090 g/mol. The van der Waals surface area contributed by atoms with Crippen molar-refractivity contribution in [2.75, 3.05) is 33.4 Å². The maximum atomic E-state index is 14.4. The number of methoxy groups -OCH3 is 1. The molecule has 7 aromatic rings. The Morgan fingerprint density at radius 2 is 1.45 bits per heavy atom. The monoisotopic (exact) mass is 1150 g/mol. The molecule has 0 spiro atoms. The number of phenolic OH excluding ortho intramolecular Hbond substituents is 1. The van der Waals surface area contributed by atoms with Gasteiger partial charge in [-0.15, -0.1) is 12.1 Å². The topological polar surface area (TPSA) is 232 Å². The van der Waals surface area contributed by atoms with E-state index >= 15 is 0 Å². The number of aromatic hydroxyl groups is 1. The average Bonchev–Trinajstić information content (AvgIpc) is 3.55. The number of hydrogen-bond donors (Lipinski definition) is 5. The van der Waals surface area contributed by atoms with E-state index in [4.69, 9.17) is 30.0 Å². The number of fused-ring (bicyclic) bond motifs is 1. The van der Waals surface area contributed by atoms with Crippen molar-refractivity contribution in [1.29, 1.82) is 0 Å². The molecule has 21 heteroatoms. The molecule has 0 saturated heterocycles. The van der Waals surface area contributed by atoms with Gasteiger partial charge in [-0.3, -0.25) is 23.8 Å². The standard InChI is InChI=1S/C59H62ClN6O11S2.Na/c1-10-49(76-50-31-26-37(58(4,5)11-2)32-44(50)59(6,7)12-3)56(69)61-39-27-30-45(60)47(34-39)62-57(70)55(53(67)36-24-28-41(74-8)29-25-36)75-42-21-16-20-40(33-42)65-78(71)77-51-35-48(64-63-38-18-14-13-15-19-38)52-43(54(51)68)22-17-23-46(52)66-79(9,72)73;/h14-35,49,55,65-66,68H,10-12H2,1-9H3,(H,61,69)(H,62,70);/q-1;+1. The van der Waals surface area contributed by atoms with E-state index in [0.29, 0.717) is 23.6 Å². The first-order valence-electron chi connectivity index (χ1n) is 25.2. The summed E-state index contributed by atoms with van der Waals surface area (Å²) in [6.45, 7) is 14.8. The zero-order valence-corrected chi connectivity index (χ0v) is 50.5.